The number of carbonyl (C=O) groups is 1. The van der Waals surface area contributed by atoms with Crippen LogP contribution in [-0.4, -0.2) is 21.0 Å². The summed E-state index contributed by atoms with van der Waals surface area (Å²) >= 11 is 0.848. The summed E-state index contributed by atoms with van der Waals surface area (Å²) in [6.07, 6.45) is 4.03. The van der Waals surface area contributed by atoms with E-state index in [9.17, 15) is 4.79 Å². The van der Waals surface area contributed by atoms with Crippen LogP contribution in [0.5, 0.6) is 6.01 Å². The molecule has 0 aromatic carbocycles. The lowest BCUT2D eigenvalue weighted by Crippen LogP contribution is -1.88. The van der Waals surface area contributed by atoms with Crippen LogP contribution in [-0.2, 0) is 4.79 Å². The first-order valence-corrected chi connectivity index (χ1v) is 4.09. The molecule has 1 aromatic rings. The number of hydrogen-bond acceptors (Lipinski definition) is 5. The first kappa shape index (κ1) is 9.53. The Morgan fingerprint density at radius 2 is 2.23 bits per heavy atom. The number of aliphatic carboxylic acids is 1. The molecule has 0 bridgehead atoms. The van der Waals surface area contributed by atoms with E-state index in [1.54, 1.807) is 6.07 Å². The maximum atomic E-state index is 10.0. The molecule has 0 aliphatic heterocycles. The fourth-order valence-electron chi connectivity index (χ4n) is 0.485. The fourth-order valence-corrected chi connectivity index (χ4v) is 0.885. The van der Waals surface area contributed by atoms with Crippen LogP contribution < -0.4 is 4.18 Å². The normalized spacial score (nSPS) is 10.2. The highest BCUT2D eigenvalue weighted by atomic mass is 32.2. The van der Waals surface area contributed by atoms with Crippen LogP contribution in [0.1, 0.15) is 0 Å². The van der Waals surface area contributed by atoms with E-state index in [0.717, 1.165) is 18.1 Å². The molecular weight excluding hydrogens is 192 g/mol. The van der Waals surface area contributed by atoms with E-state index < -0.39 is 5.97 Å². The van der Waals surface area contributed by atoms with Crippen molar-refractivity contribution in [2.75, 3.05) is 0 Å². The van der Waals surface area contributed by atoms with Gasteiger partial charge in [0.25, 0.3) is 0 Å². The summed E-state index contributed by atoms with van der Waals surface area (Å²) in [5.41, 5.74) is 0. The summed E-state index contributed by atoms with van der Waals surface area (Å²) in [6, 6.07) is 1.85. The van der Waals surface area contributed by atoms with Crippen LogP contribution in [0.25, 0.3) is 0 Å². The third-order valence-electron chi connectivity index (χ3n) is 0.931. The summed E-state index contributed by atoms with van der Waals surface area (Å²) in [4.78, 5) is 17.5. The number of carboxylic acids is 1. The zero-order valence-electron chi connectivity index (χ0n) is 6.45. The summed E-state index contributed by atoms with van der Waals surface area (Å²) < 4.78 is 4.90. The van der Waals surface area contributed by atoms with Gasteiger partial charge in [0.15, 0.2) is 0 Å². The molecule has 5 nitrogen and oxygen atoms in total. The lowest BCUT2D eigenvalue weighted by atomic mass is 10.7. The van der Waals surface area contributed by atoms with Crippen molar-refractivity contribution in [2.24, 2.45) is 0 Å². The van der Waals surface area contributed by atoms with Crippen LogP contribution >= 0.6 is 12.0 Å². The average molecular weight is 198 g/mol. The van der Waals surface area contributed by atoms with Gasteiger partial charge in [0.1, 0.15) is 0 Å². The first-order valence-electron chi connectivity index (χ1n) is 3.29. The highest BCUT2D eigenvalue weighted by Gasteiger charge is 1.93. The van der Waals surface area contributed by atoms with Crippen molar-refractivity contribution >= 4 is 18.0 Å². The van der Waals surface area contributed by atoms with E-state index >= 15 is 0 Å². The number of aromatic nitrogens is 2. The van der Waals surface area contributed by atoms with Gasteiger partial charge >= 0.3 is 12.0 Å². The summed E-state index contributed by atoms with van der Waals surface area (Å²) in [6.45, 7) is 0. The minimum absolute atomic E-state index is 0.197. The van der Waals surface area contributed by atoms with Gasteiger partial charge in [-0.25, -0.2) is 14.8 Å². The maximum absolute atomic E-state index is 10.0. The zero-order chi connectivity index (χ0) is 9.52. The topological polar surface area (TPSA) is 72.3 Å². The Labute approximate surface area is 78.7 Å². The molecule has 0 aliphatic carbocycles. The smallest absolute Gasteiger partial charge is 0.329 e. The minimum atomic E-state index is -1.02. The highest BCUT2D eigenvalue weighted by Crippen LogP contribution is 2.08. The first-order chi connectivity index (χ1) is 6.29. The average Bonchev–Trinajstić information content (AvgIpc) is 2.14. The number of rotatable bonds is 4. The van der Waals surface area contributed by atoms with Crippen molar-refractivity contribution in [3.63, 3.8) is 0 Å². The van der Waals surface area contributed by atoms with Crippen molar-refractivity contribution < 1.29 is 14.1 Å². The molecule has 0 unspecified atom stereocenters. The van der Waals surface area contributed by atoms with Gasteiger partial charge in [-0.05, 0) is 6.07 Å². The van der Waals surface area contributed by atoms with Crippen LogP contribution in [0.15, 0.2) is 29.9 Å². The van der Waals surface area contributed by atoms with Crippen molar-refractivity contribution in [1.82, 2.24) is 9.97 Å². The lowest BCUT2D eigenvalue weighted by molar-refractivity contribution is -0.131. The molecule has 0 atom stereocenters. The summed E-state index contributed by atoms with van der Waals surface area (Å²) in [7, 11) is 0. The van der Waals surface area contributed by atoms with Gasteiger partial charge in [-0.3, -0.25) is 0 Å². The second-order valence-electron chi connectivity index (χ2n) is 1.85. The van der Waals surface area contributed by atoms with E-state index in [0.29, 0.717) is 0 Å². The van der Waals surface area contributed by atoms with E-state index in [2.05, 4.69) is 9.97 Å². The minimum Gasteiger partial charge on any atom is -0.478 e. The Bertz CT molecular complexity index is 302. The SMILES string of the molecule is O=C(O)C=CSOc1ncccn1. The van der Waals surface area contributed by atoms with E-state index in [-0.39, 0.29) is 6.01 Å². The van der Waals surface area contributed by atoms with Gasteiger partial charge in [-0.2, -0.15) is 0 Å². The van der Waals surface area contributed by atoms with Gasteiger partial charge in [0.2, 0.25) is 0 Å². The molecule has 1 heterocycles. The predicted octanol–water partition coefficient (Wildman–Crippen LogP) is 1.10. The molecule has 1 aromatic heterocycles. The van der Waals surface area contributed by atoms with Gasteiger partial charge in [-0.1, -0.05) is 0 Å². The molecule has 0 radical (unpaired) electrons. The third kappa shape index (κ3) is 4.12. The third-order valence-corrected chi connectivity index (χ3v) is 1.42. The van der Waals surface area contributed by atoms with Crippen molar-refractivity contribution in [3.8, 4) is 6.01 Å². The maximum Gasteiger partial charge on any atom is 0.329 e. The quantitative estimate of drug-likeness (QED) is 0.577. The fraction of sp³-hybridized carbons (Fsp3) is 0. The number of carboxylic acid groups (broad SMARTS) is 1. The molecule has 0 saturated heterocycles. The molecule has 1 N–H and O–H groups in total. The predicted molar refractivity (Wildman–Crippen MR) is 47.0 cm³/mol. The zero-order valence-corrected chi connectivity index (χ0v) is 7.27. The van der Waals surface area contributed by atoms with E-state index in [4.69, 9.17) is 9.29 Å². The second kappa shape index (κ2) is 5.15. The molecule has 1 rings (SSSR count). The molecule has 0 amide bonds. The number of hydrogen-bond donors (Lipinski definition) is 1. The van der Waals surface area contributed by atoms with E-state index in [1.807, 2.05) is 0 Å². The Hall–Kier alpha value is -1.56. The highest BCUT2D eigenvalue weighted by molar-refractivity contribution is 7.97. The molecule has 68 valence electrons. The Balaban J connectivity index is 2.32. The Kier molecular flexibility index (Phi) is 3.77. The molecule has 0 aliphatic rings. The van der Waals surface area contributed by atoms with Gasteiger partial charge in [-0.15, -0.1) is 0 Å². The molecular formula is C7H6N2O3S. The van der Waals surface area contributed by atoms with Gasteiger partial charge in [0, 0.05) is 23.9 Å². The molecule has 0 spiro atoms. The van der Waals surface area contributed by atoms with Gasteiger partial charge in [0.05, 0.1) is 12.0 Å². The Morgan fingerprint density at radius 1 is 1.54 bits per heavy atom. The largest absolute Gasteiger partial charge is 0.478 e. The standard InChI is InChI=1S/C7H6N2O3S/c10-6(11)2-5-13-12-7-8-3-1-4-9-7/h1-5H,(H,10,11). The molecule has 6 heteroatoms. The Morgan fingerprint density at radius 3 is 2.85 bits per heavy atom. The van der Waals surface area contributed by atoms with Gasteiger partial charge < -0.3 is 9.29 Å². The van der Waals surface area contributed by atoms with Crippen molar-refractivity contribution in [3.05, 3.63) is 29.9 Å². The lowest BCUT2D eigenvalue weighted by Gasteiger charge is -1.95. The molecule has 0 saturated carbocycles. The van der Waals surface area contributed by atoms with Crippen molar-refractivity contribution in [2.45, 2.75) is 0 Å². The summed E-state index contributed by atoms with van der Waals surface area (Å²) in [5.74, 6) is -1.02. The van der Waals surface area contributed by atoms with Crippen molar-refractivity contribution in [1.29, 1.82) is 0 Å². The summed E-state index contributed by atoms with van der Waals surface area (Å²) in [5, 5.41) is 9.51. The number of nitrogens with zero attached hydrogens (tertiary/aromatic N) is 2. The van der Waals surface area contributed by atoms with Crippen LogP contribution in [0.3, 0.4) is 0 Å². The molecule has 13 heavy (non-hydrogen) atoms. The van der Waals surface area contributed by atoms with Crippen LogP contribution in [0.2, 0.25) is 0 Å². The van der Waals surface area contributed by atoms with E-state index in [1.165, 1.54) is 17.8 Å². The molecule has 0 fully saturated rings. The van der Waals surface area contributed by atoms with Crippen LogP contribution in [0, 0.1) is 0 Å². The monoisotopic (exact) mass is 198 g/mol. The second-order valence-corrected chi connectivity index (χ2v) is 2.48. The van der Waals surface area contributed by atoms with Crippen LogP contribution in [0.4, 0.5) is 0 Å².